The van der Waals surface area contributed by atoms with Gasteiger partial charge >= 0.3 is 108 Å². The quantitative estimate of drug-likeness (QED) is 0.0693. The van der Waals surface area contributed by atoms with Crippen LogP contribution >= 0.6 is 0 Å². The van der Waals surface area contributed by atoms with Gasteiger partial charge in [-0.1, -0.05) is 27.7 Å². The highest BCUT2D eigenvalue weighted by Crippen LogP contribution is 2.65. The molecular weight excluding hydrogens is 946 g/mol. The molecule has 0 amide bonds. The summed E-state index contributed by atoms with van der Waals surface area (Å²) >= 11 is 0. The second kappa shape index (κ2) is 15.7. The van der Waals surface area contributed by atoms with Crippen LogP contribution < -0.4 is 0 Å². The van der Waals surface area contributed by atoms with Gasteiger partial charge in [0.05, 0.1) is 0 Å². The first-order valence-corrected chi connectivity index (χ1v) is 14.4. The van der Waals surface area contributed by atoms with Crippen LogP contribution in [0.15, 0.2) is 12.2 Å². The minimum Gasteiger partial charge on any atom is -0.418 e. The SMILES string of the molecule is CC(C)C(F)(OC(=O)/C=C/C(=O)OC(F)(C(C)C)C(F)(F)C(F)(F)C(F)(F)C(F)(F)C(F)(F)C(F)(F)C(F)F)C(F)(F)C(F)(F)C(F)(F)C(F)(F)C(F)(F)C(F)(F)C(F)F. The Morgan fingerprint density at radius 1 is 0.333 bits per heavy atom. The van der Waals surface area contributed by atoms with Crippen molar-refractivity contribution in [3.05, 3.63) is 12.2 Å². The molecule has 0 saturated heterocycles. The Kier molecular flexibility index (Phi) is 14.8. The molecule has 0 aliphatic rings. The lowest BCUT2D eigenvalue weighted by atomic mass is 9.85. The summed E-state index contributed by atoms with van der Waals surface area (Å²) in [6, 6.07) is 0. The second-order valence-electron chi connectivity index (χ2n) is 12.4. The Hall–Kier alpha value is -3.42. The first kappa shape index (κ1) is 56.6. The molecule has 0 aliphatic carbocycles. The number of halogens is 30. The van der Waals surface area contributed by atoms with Crippen molar-refractivity contribution in [3.8, 4) is 0 Å². The smallest absolute Gasteiger partial charge is 0.385 e. The first-order valence-electron chi connectivity index (χ1n) is 14.4. The predicted octanol–water partition coefficient (Wildman–Crippen LogP) is 11.4. The van der Waals surface area contributed by atoms with Gasteiger partial charge < -0.3 is 9.47 Å². The van der Waals surface area contributed by atoms with Crippen molar-refractivity contribution in [2.75, 3.05) is 0 Å². The Morgan fingerprint density at radius 3 is 0.667 bits per heavy atom. The fraction of sp³-hybridized carbons (Fsp3) is 0.846. The molecule has 0 fully saturated rings. The van der Waals surface area contributed by atoms with E-state index in [0.717, 1.165) is 0 Å². The van der Waals surface area contributed by atoms with Crippen LogP contribution in [0.4, 0.5) is 132 Å². The van der Waals surface area contributed by atoms with E-state index in [1.165, 1.54) is 0 Å². The molecule has 0 aromatic carbocycles. The van der Waals surface area contributed by atoms with Gasteiger partial charge in [-0.2, -0.15) is 114 Å². The summed E-state index contributed by atoms with van der Waals surface area (Å²) in [6.07, 6.45) is -14.9. The number of esters is 2. The zero-order valence-corrected chi connectivity index (χ0v) is 28.4. The largest absolute Gasteiger partial charge is 0.418 e. The Balaban J connectivity index is 7.09. The predicted molar refractivity (Wildman–Crippen MR) is 130 cm³/mol. The van der Waals surface area contributed by atoms with Crippen molar-refractivity contribution >= 4 is 11.9 Å². The van der Waals surface area contributed by atoms with Crippen LogP contribution in [-0.2, 0) is 19.1 Å². The van der Waals surface area contributed by atoms with Crippen molar-refractivity contribution in [1.29, 1.82) is 0 Å². The van der Waals surface area contributed by atoms with E-state index in [4.69, 9.17) is 0 Å². The van der Waals surface area contributed by atoms with Gasteiger partial charge in [0.25, 0.3) is 0 Å². The number of rotatable bonds is 20. The van der Waals surface area contributed by atoms with Crippen molar-refractivity contribution < 1.29 is 151 Å². The minimum atomic E-state index is -8.82. The summed E-state index contributed by atoms with van der Waals surface area (Å²) < 4.78 is 419. The third-order valence-corrected chi connectivity index (χ3v) is 7.74. The molecule has 0 aromatic heterocycles. The summed E-state index contributed by atoms with van der Waals surface area (Å²) in [7, 11) is 0. The number of carbonyl (C=O) groups is 2. The lowest BCUT2D eigenvalue weighted by Crippen LogP contribution is -2.75. The van der Waals surface area contributed by atoms with E-state index in [9.17, 15) is 133 Å². The van der Waals surface area contributed by atoms with Crippen LogP contribution in [0, 0.1) is 11.8 Å². The van der Waals surface area contributed by atoms with Crippen molar-refractivity contribution in [1.82, 2.24) is 0 Å². The maximum Gasteiger partial charge on any atom is 0.385 e. The summed E-state index contributed by atoms with van der Waals surface area (Å²) in [5.41, 5.74) is 0. The molecule has 0 spiro atoms. The molecule has 4 nitrogen and oxygen atoms in total. The molecule has 0 bridgehead atoms. The zero-order chi connectivity index (χ0) is 49.3. The molecule has 34 heteroatoms. The fourth-order valence-electron chi connectivity index (χ4n) is 3.89. The molecule has 2 unspecified atom stereocenters. The molecule has 0 radical (unpaired) electrons. The van der Waals surface area contributed by atoms with Crippen LogP contribution in [0.5, 0.6) is 0 Å². The average molecular weight is 964 g/mol. The van der Waals surface area contributed by atoms with Crippen LogP contribution in [-0.4, -0.2) is 108 Å². The highest BCUT2D eigenvalue weighted by atomic mass is 19.4. The number of alkyl halides is 30. The molecular formula is C26H18F30O4. The van der Waals surface area contributed by atoms with Crippen LogP contribution in [0.2, 0.25) is 0 Å². The van der Waals surface area contributed by atoms with Gasteiger partial charge in [0.15, 0.2) is 0 Å². The zero-order valence-electron chi connectivity index (χ0n) is 28.4. The molecule has 2 atom stereocenters. The lowest BCUT2D eigenvalue weighted by Gasteiger charge is -2.44. The molecule has 0 rings (SSSR count). The van der Waals surface area contributed by atoms with Gasteiger partial charge in [0.2, 0.25) is 0 Å². The summed E-state index contributed by atoms with van der Waals surface area (Å²) in [4.78, 5) is 23.7. The maximum atomic E-state index is 15.2. The Labute approximate surface area is 311 Å². The lowest BCUT2D eigenvalue weighted by molar-refractivity contribution is -0.454. The molecule has 0 saturated carbocycles. The standard InChI is InChI=1S/C26H18F30O4/c1-7(2)15(35,19(41,42)23(49,50)25(53,54)21(45,46)17(37,38)13(31,32)11(27)28)59-9(57)5-6-10(58)60-16(36,8(3)4)20(43,44)24(51,52)26(55,56)22(47,48)18(39,40)14(33,34)12(29)30/h5-8,11-12H,1-4H3/b6-5+. The monoisotopic (exact) mass is 964 g/mol. The van der Waals surface area contributed by atoms with E-state index in [2.05, 4.69) is 9.47 Å². The van der Waals surface area contributed by atoms with E-state index >= 15 is 8.78 Å². The van der Waals surface area contributed by atoms with Crippen molar-refractivity contribution in [2.45, 2.75) is 123 Å². The van der Waals surface area contributed by atoms with Crippen molar-refractivity contribution in [3.63, 3.8) is 0 Å². The number of carbonyl (C=O) groups excluding carboxylic acids is 2. The summed E-state index contributed by atoms with van der Waals surface area (Å²) in [5, 5.41) is 0. The molecule has 356 valence electrons. The van der Waals surface area contributed by atoms with Gasteiger partial charge in [0, 0.05) is 24.0 Å². The molecule has 60 heavy (non-hydrogen) atoms. The van der Waals surface area contributed by atoms with E-state index in [0.29, 0.717) is 0 Å². The Morgan fingerprint density at radius 2 is 0.500 bits per heavy atom. The van der Waals surface area contributed by atoms with Crippen LogP contribution in [0.25, 0.3) is 0 Å². The topological polar surface area (TPSA) is 52.6 Å². The van der Waals surface area contributed by atoms with E-state index in [1.807, 2.05) is 0 Å². The Bertz CT molecular complexity index is 1470. The van der Waals surface area contributed by atoms with Gasteiger partial charge in [0.1, 0.15) is 0 Å². The van der Waals surface area contributed by atoms with Gasteiger partial charge in [-0.25, -0.2) is 27.2 Å². The molecule has 0 N–H and O–H groups in total. The normalized spacial score (nSPS) is 17.8. The first-order chi connectivity index (χ1) is 25.8. The third-order valence-electron chi connectivity index (χ3n) is 7.74. The van der Waals surface area contributed by atoms with Gasteiger partial charge in [-0.3, -0.25) is 0 Å². The average Bonchev–Trinajstić information content (AvgIpc) is 3.05. The van der Waals surface area contributed by atoms with Gasteiger partial charge in [-0.15, -0.1) is 0 Å². The van der Waals surface area contributed by atoms with E-state index < -0.39 is 132 Å². The highest BCUT2D eigenvalue weighted by Gasteiger charge is 2.95. The number of hydrogen-bond donors (Lipinski definition) is 0. The second-order valence-corrected chi connectivity index (χ2v) is 12.4. The molecule has 0 aliphatic heterocycles. The maximum absolute atomic E-state index is 15.2. The number of hydrogen-bond acceptors (Lipinski definition) is 4. The summed E-state index contributed by atoms with van der Waals surface area (Å²) in [6.45, 7) is -1.18. The van der Waals surface area contributed by atoms with Crippen molar-refractivity contribution in [2.24, 2.45) is 11.8 Å². The van der Waals surface area contributed by atoms with Gasteiger partial charge in [-0.05, 0) is 0 Å². The molecule has 0 heterocycles. The van der Waals surface area contributed by atoms with Crippen LogP contribution in [0.3, 0.4) is 0 Å². The third kappa shape index (κ3) is 7.60. The van der Waals surface area contributed by atoms with E-state index in [1.54, 1.807) is 0 Å². The highest BCUT2D eigenvalue weighted by molar-refractivity contribution is 5.92. The fourth-order valence-corrected chi connectivity index (χ4v) is 3.89. The van der Waals surface area contributed by atoms with Crippen LogP contribution in [0.1, 0.15) is 27.7 Å². The molecule has 0 aromatic rings. The van der Waals surface area contributed by atoms with E-state index in [-0.39, 0.29) is 27.7 Å². The summed E-state index contributed by atoms with van der Waals surface area (Å²) in [5.74, 6) is -128. The minimum absolute atomic E-state index is 0.294. The number of ether oxygens (including phenoxy) is 2.